The second kappa shape index (κ2) is 7.71. The first kappa shape index (κ1) is 18.0. The highest BCUT2D eigenvalue weighted by Crippen LogP contribution is 2.23. The summed E-state index contributed by atoms with van der Waals surface area (Å²) in [4.78, 5) is 31.6. The van der Waals surface area contributed by atoms with Crippen molar-refractivity contribution in [1.29, 1.82) is 0 Å². The highest BCUT2D eigenvalue weighted by Gasteiger charge is 2.27. The summed E-state index contributed by atoms with van der Waals surface area (Å²) in [5, 5.41) is 7.28. The van der Waals surface area contributed by atoms with E-state index in [1.807, 2.05) is 26.0 Å². The van der Waals surface area contributed by atoms with Crippen LogP contribution < -0.4 is 10.2 Å². The van der Waals surface area contributed by atoms with Gasteiger partial charge in [0, 0.05) is 37.2 Å². The second-order valence-electron chi connectivity index (χ2n) is 6.92. The minimum absolute atomic E-state index is 0.0660. The maximum absolute atomic E-state index is 12.6. The topological polar surface area (TPSA) is 102 Å². The molecular weight excluding hydrogens is 356 g/mol. The molecule has 0 radical (unpaired) electrons. The number of aromatic nitrogens is 6. The fraction of sp³-hybridized carbons (Fsp3) is 0.368. The summed E-state index contributed by atoms with van der Waals surface area (Å²) in [6.07, 6.45) is 6.49. The van der Waals surface area contributed by atoms with Gasteiger partial charge in [-0.25, -0.2) is 24.6 Å². The number of nitrogens with zero attached hydrogens (tertiary/aromatic N) is 7. The third-order valence-electron chi connectivity index (χ3n) is 4.78. The molecule has 1 N–H and O–H groups in total. The van der Waals surface area contributed by atoms with Gasteiger partial charge in [0.05, 0.1) is 11.6 Å². The number of carbonyl (C=O) groups is 1. The van der Waals surface area contributed by atoms with Crippen molar-refractivity contribution in [3.05, 3.63) is 48.3 Å². The average molecular weight is 378 g/mol. The van der Waals surface area contributed by atoms with Crippen LogP contribution in [0.15, 0.2) is 36.9 Å². The molecule has 3 aromatic heterocycles. The van der Waals surface area contributed by atoms with E-state index in [1.165, 1.54) is 0 Å². The lowest BCUT2D eigenvalue weighted by molar-refractivity contribution is -0.120. The molecule has 1 fully saturated rings. The molecule has 144 valence electrons. The molecule has 0 saturated carbocycles. The molecule has 0 bridgehead atoms. The van der Waals surface area contributed by atoms with Crippen molar-refractivity contribution in [2.45, 2.75) is 26.7 Å². The Bertz CT molecular complexity index is 971. The van der Waals surface area contributed by atoms with Gasteiger partial charge in [0.25, 0.3) is 0 Å². The van der Waals surface area contributed by atoms with Gasteiger partial charge in [-0.2, -0.15) is 5.10 Å². The van der Waals surface area contributed by atoms with Crippen LogP contribution >= 0.6 is 0 Å². The van der Waals surface area contributed by atoms with Crippen LogP contribution in [-0.2, 0) is 4.79 Å². The number of aryl methyl sites for hydroxylation is 2. The maximum atomic E-state index is 12.6. The Labute approximate surface area is 162 Å². The van der Waals surface area contributed by atoms with Gasteiger partial charge in [0.15, 0.2) is 5.82 Å². The van der Waals surface area contributed by atoms with E-state index in [9.17, 15) is 4.79 Å². The Balaban J connectivity index is 1.49. The summed E-state index contributed by atoms with van der Waals surface area (Å²) >= 11 is 0. The van der Waals surface area contributed by atoms with Crippen LogP contribution in [-0.4, -0.2) is 48.7 Å². The van der Waals surface area contributed by atoms with Crippen LogP contribution in [0.5, 0.6) is 0 Å². The summed E-state index contributed by atoms with van der Waals surface area (Å²) in [7, 11) is 0. The molecule has 4 heterocycles. The van der Waals surface area contributed by atoms with Gasteiger partial charge in [-0.15, -0.1) is 0 Å². The van der Waals surface area contributed by atoms with Gasteiger partial charge in [-0.05, 0) is 38.8 Å². The first-order valence-corrected chi connectivity index (χ1v) is 9.28. The van der Waals surface area contributed by atoms with Crippen molar-refractivity contribution in [2.75, 3.05) is 23.3 Å². The van der Waals surface area contributed by atoms with Gasteiger partial charge in [-0.3, -0.25) is 10.1 Å². The van der Waals surface area contributed by atoms with Crippen LogP contribution in [0, 0.1) is 19.8 Å². The fourth-order valence-electron chi connectivity index (χ4n) is 3.46. The summed E-state index contributed by atoms with van der Waals surface area (Å²) in [6.45, 7) is 5.38. The lowest BCUT2D eigenvalue weighted by Gasteiger charge is -2.32. The predicted octanol–water partition coefficient (Wildman–Crippen LogP) is 1.92. The number of amides is 1. The van der Waals surface area contributed by atoms with Crippen LogP contribution in [0.3, 0.4) is 0 Å². The molecule has 9 nitrogen and oxygen atoms in total. The van der Waals surface area contributed by atoms with E-state index < -0.39 is 0 Å². The monoisotopic (exact) mass is 378 g/mol. The molecule has 9 heteroatoms. The number of hydrogen-bond acceptors (Lipinski definition) is 7. The predicted molar refractivity (Wildman–Crippen MR) is 104 cm³/mol. The minimum atomic E-state index is -0.148. The van der Waals surface area contributed by atoms with Gasteiger partial charge >= 0.3 is 0 Å². The maximum Gasteiger partial charge on any atom is 0.231 e. The van der Waals surface area contributed by atoms with Crippen molar-refractivity contribution in [3.63, 3.8) is 0 Å². The lowest BCUT2D eigenvalue weighted by Crippen LogP contribution is -2.41. The number of anilines is 2. The Kier molecular flexibility index (Phi) is 4.96. The number of carbonyl (C=O) groups excluding carboxylic acids is 1. The molecule has 0 aliphatic carbocycles. The van der Waals surface area contributed by atoms with E-state index >= 15 is 0 Å². The van der Waals surface area contributed by atoms with E-state index in [1.54, 1.807) is 29.5 Å². The zero-order chi connectivity index (χ0) is 19.5. The van der Waals surface area contributed by atoms with Gasteiger partial charge < -0.3 is 4.90 Å². The number of nitrogens with one attached hydrogen (secondary N) is 1. The molecule has 1 unspecified atom stereocenters. The summed E-state index contributed by atoms with van der Waals surface area (Å²) in [5.41, 5.74) is 1.96. The standard InChI is InChI=1S/C19H22N8O/c1-13-9-14(2)27(25-13)17-10-16(22-12-23-17)26-8-3-5-15(11-26)18(28)24-19-20-6-4-7-21-19/h4,6-7,9-10,12,15H,3,5,8,11H2,1-2H3,(H,20,21,24,28). The molecule has 1 aliphatic rings. The Hall–Kier alpha value is -3.36. The fourth-order valence-corrected chi connectivity index (χ4v) is 3.46. The highest BCUT2D eigenvalue weighted by atomic mass is 16.2. The molecule has 1 amide bonds. The van der Waals surface area contributed by atoms with Crippen LogP contribution in [0.4, 0.5) is 11.8 Å². The van der Waals surface area contributed by atoms with E-state index in [0.717, 1.165) is 42.4 Å². The summed E-state index contributed by atoms with van der Waals surface area (Å²) in [5.74, 6) is 1.64. The number of rotatable bonds is 4. The molecule has 4 rings (SSSR count). The number of piperidine rings is 1. The summed E-state index contributed by atoms with van der Waals surface area (Å²) in [6, 6.07) is 5.64. The normalized spacial score (nSPS) is 16.8. The largest absolute Gasteiger partial charge is 0.356 e. The second-order valence-corrected chi connectivity index (χ2v) is 6.92. The molecule has 0 spiro atoms. The molecule has 1 aliphatic heterocycles. The Morgan fingerprint density at radius 1 is 1.11 bits per heavy atom. The quantitative estimate of drug-likeness (QED) is 0.740. The smallest absolute Gasteiger partial charge is 0.231 e. The van der Waals surface area contributed by atoms with Crippen LogP contribution in [0.1, 0.15) is 24.2 Å². The first-order chi connectivity index (χ1) is 13.6. The van der Waals surface area contributed by atoms with Crippen molar-refractivity contribution in [1.82, 2.24) is 29.7 Å². The van der Waals surface area contributed by atoms with Crippen molar-refractivity contribution in [2.24, 2.45) is 5.92 Å². The van der Waals surface area contributed by atoms with E-state index in [4.69, 9.17) is 0 Å². The molecule has 1 saturated heterocycles. The lowest BCUT2D eigenvalue weighted by atomic mass is 9.97. The Morgan fingerprint density at radius 2 is 1.89 bits per heavy atom. The van der Waals surface area contributed by atoms with Gasteiger partial charge in [0.2, 0.25) is 11.9 Å². The van der Waals surface area contributed by atoms with Crippen molar-refractivity contribution < 1.29 is 4.79 Å². The number of hydrogen-bond donors (Lipinski definition) is 1. The van der Waals surface area contributed by atoms with Crippen LogP contribution in [0.25, 0.3) is 5.82 Å². The third-order valence-corrected chi connectivity index (χ3v) is 4.78. The first-order valence-electron chi connectivity index (χ1n) is 9.28. The van der Waals surface area contributed by atoms with Gasteiger partial charge in [-0.1, -0.05) is 0 Å². The molecule has 3 aromatic rings. The average Bonchev–Trinajstić information content (AvgIpc) is 3.07. The van der Waals surface area contributed by atoms with Crippen molar-refractivity contribution in [3.8, 4) is 5.82 Å². The van der Waals surface area contributed by atoms with E-state index in [-0.39, 0.29) is 11.8 Å². The van der Waals surface area contributed by atoms with E-state index in [0.29, 0.717) is 12.5 Å². The van der Waals surface area contributed by atoms with E-state index in [2.05, 4.69) is 35.3 Å². The third kappa shape index (κ3) is 3.83. The molecule has 28 heavy (non-hydrogen) atoms. The Morgan fingerprint density at radius 3 is 2.64 bits per heavy atom. The summed E-state index contributed by atoms with van der Waals surface area (Å²) < 4.78 is 1.81. The molecular formula is C19H22N8O. The minimum Gasteiger partial charge on any atom is -0.356 e. The van der Waals surface area contributed by atoms with Gasteiger partial charge in [0.1, 0.15) is 12.1 Å². The zero-order valence-electron chi connectivity index (χ0n) is 15.9. The molecule has 1 atom stereocenters. The SMILES string of the molecule is Cc1cc(C)n(-c2cc(N3CCCC(C(=O)Nc4ncccn4)C3)ncn2)n1. The zero-order valence-corrected chi connectivity index (χ0v) is 15.9. The van der Waals surface area contributed by atoms with Crippen LogP contribution in [0.2, 0.25) is 0 Å². The highest BCUT2D eigenvalue weighted by molar-refractivity contribution is 5.91. The molecule has 0 aromatic carbocycles. The van der Waals surface area contributed by atoms with Crippen molar-refractivity contribution >= 4 is 17.7 Å².